The Hall–Kier alpha value is -2.26. The zero-order valence-electron chi connectivity index (χ0n) is 16.5. The molecule has 1 aliphatic heterocycles. The fraction of sp³-hybridized carbons (Fsp3) is 0.333. The zero-order chi connectivity index (χ0) is 21.9. The van der Waals surface area contributed by atoms with Gasteiger partial charge in [0.1, 0.15) is 5.82 Å². The molecular formula is C21H22BrFN2O4S. The van der Waals surface area contributed by atoms with Crippen LogP contribution in [0.2, 0.25) is 0 Å². The molecule has 9 heteroatoms. The SMILES string of the molecule is CCC(=O)N1CCc2cc(Br)c(S(=O)(=O)CCC(=O)NCc3ccc(F)cc3)cc21. The van der Waals surface area contributed by atoms with Crippen LogP contribution in [0.1, 0.15) is 30.9 Å². The molecule has 2 amide bonds. The molecule has 1 heterocycles. The first-order chi connectivity index (χ1) is 14.2. The first-order valence-corrected chi connectivity index (χ1v) is 12.0. The summed E-state index contributed by atoms with van der Waals surface area (Å²) in [5.41, 5.74) is 2.25. The molecule has 0 saturated heterocycles. The lowest BCUT2D eigenvalue weighted by Crippen LogP contribution is -2.28. The molecule has 0 aliphatic carbocycles. The molecular weight excluding hydrogens is 475 g/mol. The van der Waals surface area contributed by atoms with Crippen LogP contribution < -0.4 is 10.2 Å². The summed E-state index contributed by atoms with van der Waals surface area (Å²) >= 11 is 3.32. The van der Waals surface area contributed by atoms with Crippen LogP contribution in [0.4, 0.5) is 10.1 Å². The number of nitrogens with one attached hydrogen (secondary N) is 1. The van der Waals surface area contributed by atoms with Gasteiger partial charge in [0.25, 0.3) is 0 Å². The summed E-state index contributed by atoms with van der Waals surface area (Å²) in [5, 5.41) is 2.64. The molecule has 6 nitrogen and oxygen atoms in total. The van der Waals surface area contributed by atoms with Gasteiger partial charge in [0.05, 0.1) is 10.6 Å². The average molecular weight is 497 g/mol. The number of hydrogen-bond acceptors (Lipinski definition) is 4. The lowest BCUT2D eigenvalue weighted by molar-refractivity contribution is -0.121. The summed E-state index contributed by atoms with van der Waals surface area (Å²) in [4.78, 5) is 25.9. The van der Waals surface area contributed by atoms with Crippen molar-refractivity contribution in [2.24, 2.45) is 0 Å². The lowest BCUT2D eigenvalue weighted by atomic mass is 10.2. The fourth-order valence-electron chi connectivity index (χ4n) is 3.30. The summed E-state index contributed by atoms with van der Waals surface area (Å²) in [6.07, 6.45) is 0.808. The number of fused-ring (bicyclic) bond motifs is 1. The van der Waals surface area contributed by atoms with E-state index in [-0.39, 0.29) is 35.3 Å². The Bertz CT molecular complexity index is 1070. The van der Waals surface area contributed by atoms with Gasteiger partial charge in [-0.15, -0.1) is 0 Å². The topological polar surface area (TPSA) is 83.6 Å². The second kappa shape index (κ2) is 9.26. The summed E-state index contributed by atoms with van der Waals surface area (Å²) in [6.45, 7) is 2.49. The number of nitrogens with zero attached hydrogens (tertiary/aromatic N) is 1. The van der Waals surface area contributed by atoms with Crippen LogP contribution in [0.5, 0.6) is 0 Å². The van der Waals surface area contributed by atoms with Crippen molar-refractivity contribution in [3.05, 3.63) is 57.8 Å². The number of halogens is 2. The Morgan fingerprint density at radius 2 is 1.90 bits per heavy atom. The molecule has 1 N–H and O–H groups in total. The van der Waals surface area contributed by atoms with Crippen LogP contribution >= 0.6 is 15.9 Å². The van der Waals surface area contributed by atoms with Crippen molar-refractivity contribution >= 4 is 43.3 Å². The minimum atomic E-state index is -3.75. The predicted molar refractivity (Wildman–Crippen MR) is 115 cm³/mol. The molecule has 0 spiro atoms. The molecule has 160 valence electrons. The maximum absolute atomic E-state index is 12.9. The van der Waals surface area contributed by atoms with Crippen molar-refractivity contribution in [1.82, 2.24) is 5.32 Å². The van der Waals surface area contributed by atoms with E-state index in [0.29, 0.717) is 29.5 Å². The Labute approximate surface area is 183 Å². The van der Waals surface area contributed by atoms with Crippen molar-refractivity contribution in [3.8, 4) is 0 Å². The van der Waals surface area contributed by atoms with Gasteiger partial charge in [-0.25, -0.2) is 12.8 Å². The van der Waals surface area contributed by atoms with Gasteiger partial charge in [0, 0.05) is 36.1 Å². The van der Waals surface area contributed by atoms with Crippen LogP contribution in [0.3, 0.4) is 0 Å². The van der Waals surface area contributed by atoms with E-state index in [9.17, 15) is 22.4 Å². The highest BCUT2D eigenvalue weighted by molar-refractivity contribution is 9.10. The minimum Gasteiger partial charge on any atom is -0.352 e. The summed E-state index contributed by atoms with van der Waals surface area (Å²) in [6, 6.07) is 8.95. The van der Waals surface area contributed by atoms with Crippen LogP contribution in [0, 0.1) is 5.82 Å². The Morgan fingerprint density at radius 1 is 1.20 bits per heavy atom. The number of carbonyl (C=O) groups is 2. The monoisotopic (exact) mass is 496 g/mol. The quantitative estimate of drug-likeness (QED) is 0.636. The van der Waals surface area contributed by atoms with E-state index >= 15 is 0 Å². The number of rotatable bonds is 7. The highest BCUT2D eigenvalue weighted by Crippen LogP contribution is 2.36. The van der Waals surface area contributed by atoms with Crippen LogP contribution in [0.25, 0.3) is 0 Å². The number of carbonyl (C=O) groups excluding carboxylic acids is 2. The standard InChI is InChI=1S/C21H22BrFN2O4S/c1-2-21(27)25-9-7-15-11-17(22)19(12-18(15)25)30(28,29)10-8-20(26)24-13-14-3-5-16(23)6-4-14/h3-6,11-12H,2,7-10,13H2,1H3,(H,24,26). The number of hydrogen-bond donors (Lipinski definition) is 1. The van der Waals surface area contributed by atoms with Crippen molar-refractivity contribution in [2.75, 3.05) is 17.2 Å². The molecule has 0 saturated carbocycles. The van der Waals surface area contributed by atoms with Crippen molar-refractivity contribution < 1.29 is 22.4 Å². The second-order valence-corrected chi connectivity index (χ2v) is 9.96. The Morgan fingerprint density at radius 3 is 2.57 bits per heavy atom. The molecule has 2 aromatic rings. The number of anilines is 1. The molecule has 0 aromatic heterocycles. The van der Waals surface area contributed by atoms with Crippen molar-refractivity contribution in [2.45, 2.75) is 37.6 Å². The summed E-state index contributed by atoms with van der Waals surface area (Å²) < 4.78 is 39.1. The largest absolute Gasteiger partial charge is 0.352 e. The molecule has 3 rings (SSSR count). The Kier molecular flexibility index (Phi) is 6.92. The van der Waals surface area contributed by atoms with Gasteiger partial charge in [-0.05, 0) is 57.7 Å². The molecule has 2 aromatic carbocycles. The van der Waals surface area contributed by atoms with Crippen LogP contribution in [-0.4, -0.2) is 32.5 Å². The average Bonchev–Trinajstić information content (AvgIpc) is 3.13. The van der Waals surface area contributed by atoms with Gasteiger partial charge in [-0.1, -0.05) is 19.1 Å². The lowest BCUT2D eigenvalue weighted by Gasteiger charge is -2.18. The maximum atomic E-state index is 12.9. The third-order valence-electron chi connectivity index (χ3n) is 4.97. The normalized spacial score (nSPS) is 13.2. The van der Waals surface area contributed by atoms with Gasteiger partial charge >= 0.3 is 0 Å². The van der Waals surface area contributed by atoms with E-state index in [1.54, 1.807) is 30.0 Å². The molecule has 0 fully saturated rings. The number of amides is 2. The van der Waals surface area contributed by atoms with Gasteiger partial charge in [0.15, 0.2) is 9.84 Å². The number of benzene rings is 2. The summed E-state index contributed by atoms with van der Waals surface area (Å²) in [5.74, 6) is -1.20. The highest BCUT2D eigenvalue weighted by atomic mass is 79.9. The Balaban J connectivity index is 1.67. The molecule has 30 heavy (non-hydrogen) atoms. The third kappa shape index (κ3) is 5.07. The van der Waals surface area contributed by atoms with Crippen molar-refractivity contribution in [3.63, 3.8) is 0 Å². The zero-order valence-corrected chi connectivity index (χ0v) is 18.9. The fourth-order valence-corrected chi connectivity index (χ4v) is 5.76. The van der Waals surface area contributed by atoms with E-state index in [1.165, 1.54) is 18.2 Å². The minimum absolute atomic E-state index is 0.0559. The third-order valence-corrected chi connectivity index (χ3v) is 7.64. The molecule has 0 bridgehead atoms. The van der Waals surface area contributed by atoms with E-state index in [1.807, 2.05) is 0 Å². The van der Waals surface area contributed by atoms with E-state index in [0.717, 1.165) is 11.1 Å². The van der Waals surface area contributed by atoms with Gasteiger partial charge in [-0.3, -0.25) is 9.59 Å². The van der Waals surface area contributed by atoms with Gasteiger partial charge < -0.3 is 10.2 Å². The number of sulfone groups is 1. The van der Waals surface area contributed by atoms with E-state index in [4.69, 9.17) is 0 Å². The van der Waals surface area contributed by atoms with E-state index in [2.05, 4.69) is 21.2 Å². The summed E-state index contributed by atoms with van der Waals surface area (Å²) in [7, 11) is -3.75. The second-order valence-electron chi connectivity index (χ2n) is 7.03. The predicted octanol–water partition coefficient (Wildman–Crippen LogP) is 3.37. The van der Waals surface area contributed by atoms with Crippen LogP contribution in [-0.2, 0) is 32.4 Å². The van der Waals surface area contributed by atoms with Gasteiger partial charge in [0.2, 0.25) is 11.8 Å². The van der Waals surface area contributed by atoms with Crippen molar-refractivity contribution in [1.29, 1.82) is 0 Å². The molecule has 1 aliphatic rings. The van der Waals surface area contributed by atoms with Crippen LogP contribution in [0.15, 0.2) is 45.8 Å². The van der Waals surface area contributed by atoms with Gasteiger partial charge in [-0.2, -0.15) is 0 Å². The molecule has 0 unspecified atom stereocenters. The molecule has 0 radical (unpaired) electrons. The first-order valence-electron chi connectivity index (χ1n) is 9.58. The molecule has 0 atom stereocenters. The first kappa shape index (κ1) is 22.4. The highest BCUT2D eigenvalue weighted by Gasteiger charge is 2.28. The maximum Gasteiger partial charge on any atom is 0.226 e. The van der Waals surface area contributed by atoms with E-state index < -0.39 is 15.7 Å². The smallest absolute Gasteiger partial charge is 0.226 e.